The lowest BCUT2D eigenvalue weighted by atomic mass is 10.3. The standard InChI is InChI=1S/C12H13N5O/c1-8-2-4-10(18-8)9-3-5-11-14-15-12(6-7-13)17(11)16-9/h2-5H,6-7,13H2,1H3. The van der Waals surface area contributed by atoms with Crippen molar-refractivity contribution in [2.75, 3.05) is 6.54 Å². The predicted molar refractivity (Wildman–Crippen MR) is 66.0 cm³/mol. The van der Waals surface area contributed by atoms with E-state index in [2.05, 4.69) is 15.3 Å². The van der Waals surface area contributed by atoms with Crippen molar-refractivity contribution in [3.8, 4) is 11.5 Å². The second-order valence-electron chi connectivity index (χ2n) is 4.05. The third kappa shape index (κ3) is 1.76. The summed E-state index contributed by atoms with van der Waals surface area (Å²) in [6.07, 6.45) is 0.648. The number of furan rings is 1. The zero-order valence-electron chi connectivity index (χ0n) is 10.00. The molecule has 3 rings (SSSR count). The van der Waals surface area contributed by atoms with E-state index in [9.17, 15) is 0 Å². The number of aromatic nitrogens is 4. The molecular weight excluding hydrogens is 230 g/mol. The number of hydrogen-bond acceptors (Lipinski definition) is 5. The molecule has 0 fully saturated rings. The van der Waals surface area contributed by atoms with Gasteiger partial charge in [0.25, 0.3) is 0 Å². The Hall–Kier alpha value is -2.21. The number of rotatable bonds is 3. The first-order valence-electron chi connectivity index (χ1n) is 5.76. The van der Waals surface area contributed by atoms with E-state index in [0.29, 0.717) is 18.6 Å². The van der Waals surface area contributed by atoms with Gasteiger partial charge in [-0.15, -0.1) is 10.2 Å². The summed E-state index contributed by atoms with van der Waals surface area (Å²) in [6, 6.07) is 7.55. The fourth-order valence-electron chi connectivity index (χ4n) is 1.82. The van der Waals surface area contributed by atoms with Crippen LogP contribution in [0.2, 0.25) is 0 Å². The van der Waals surface area contributed by atoms with Crippen LogP contribution in [-0.4, -0.2) is 26.4 Å². The zero-order valence-corrected chi connectivity index (χ0v) is 10.00. The van der Waals surface area contributed by atoms with Crippen LogP contribution < -0.4 is 5.73 Å². The maximum absolute atomic E-state index is 5.55. The highest BCUT2D eigenvalue weighted by molar-refractivity contribution is 5.54. The Morgan fingerprint density at radius 2 is 2.11 bits per heavy atom. The Labute approximate surface area is 103 Å². The molecule has 0 saturated carbocycles. The molecule has 0 spiro atoms. The van der Waals surface area contributed by atoms with Crippen molar-refractivity contribution < 1.29 is 4.42 Å². The van der Waals surface area contributed by atoms with E-state index in [1.165, 1.54) is 0 Å². The van der Waals surface area contributed by atoms with Crippen LogP contribution in [0.1, 0.15) is 11.6 Å². The minimum absolute atomic E-state index is 0.520. The first kappa shape index (κ1) is 10.9. The SMILES string of the molecule is Cc1ccc(-c2ccc3nnc(CCN)n3n2)o1. The van der Waals surface area contributed by atoms with Gasteiger partial charge in [0.1, 0.15) is 11.5 Å². The number of aryl methyl sites for hydroxylation is 1. The van der Waals surface area contributed by atoms with Gasteiger partial charge in [-0.3, -0.25) is 0 Å². The number of hydrogen-bond donors (Lipinski definition) is 1. The van der Waals surface area contributed by atoms with E-state index in [1.807, 2.05) is 31.2 Å². The Morgan fingerprint density at radius 1 is 1.22 bits per heavy atom. The van der Waals surface area contributed by atoms with Crippen LogP contribution in [-0.2, 0) is 6.42 Å². The lowest BCUT2D eigenvalue weighted by molar-refractivity contribution is 0.545. The lowest BCUT2D eigenvalue weighted by Gasteiger charge is -1.99. The average molecular weight is 243 g/mol. The van der Waals surface area contributed by atoms with Crippen molar-refractivity contribution in [3.05, 3.63) is 35.9 Å². The Kier molecular flexibility index (Phi) is 2.56. The van der Waals surface area contributed by atoms with E-state index in [0.717, 1.165) is 23.0 Å². The van der Waals surface area contributed by atoms with Gasteiger partial charge in [-0.25, -0.2) is 0 Å². The summed E-state index contributed by atoms with van der Waals surface area (Å²) >= 11 is 0. The minimum atomic E-state index is 0.520. The molecule has 0 unspecified atom stereocenters. The van der Waals surface area contributed by atoms with Gasteiger partial charge in [0, 0.05) is 6.42 Å². The van der Waals surface area contributed by atoms with Crippen molar-refractivity contribution >= 4 is 5.65 Å². The van der Waals surface area contributed by atoms with E-state index in [1.54, 1.807) is 4.52 Å². The molecule has 18 heavy (non-hydrogen) atoms. The molecule has 3 aromatic rings. The third-order valence-corrected chi connectivity index (χ3v) is 2.69. The van der Waals surface area contributed by atoms with Crippen LogP contribution in [0.3, 0.4) is 0 Å². The molecule has 0 atom stereocenters. The van der Waals surface area contributed by atoms with Crippen molar-refractivity contribution in [2.45, 2.75) is 13.3 Å². The van der Waals surface area contributed by atoms with Crippen LogP contribution in [0.5, 0.6) is 0 Å². The van der Waals surface area contributed by atoms with Crippen LogP contribution in [0.15, 0.2) is 28.7 Å². The second-order valence-corrected chi connectivity index (χ2v) is 4.05. The van der Waals surface area contributed by atoms with Gasteiger partial charge in [0.15, 0.2) is 17.2 Å². The molecule has 3 heterocycles. The fourth-order valence-corrected chi connectivity index (χ4v) is 1.82. The summed E-state index contributed by atoms with van der Waals surface area (Å²) in [5.74, 6) is 2.36. The molecular formula is C12H13N5O. The molecule has 6 heteroatoms. The van der Waals surface area contributed by atoms with Crippen LogP contribution in [0.25, 0.3) is 17.1 Å². The maximum Gasteiger partial charge on any atom is 0.177 e. The number of nitrogens with two attached hydrogens (primary N) is 1. The molecule has 6 nitrogen and oxygen atoms in total. The van der Waals surface area contributed by atoms with E-state index >= 15 is 0 Å². The molecule has 0 bridgehead atoms. The lowest BCUT2D eigenvalue weighted by Crippen LogP contribution is -2.08. The third-order valence-electron chi connectivity index (χ3n) is 2.69. The van der Waals surface area contributed by atoms with Crippen molar-refractivity contribution in [3.63, 3.8) is 0 Å². The first-order chi connectivity index (χ1) is 8.78. The molecule has 0 aliphatic rings. The van der Waals surface area contributed by atoms with E-state index in [4.69, 9.17) is 10.2 Å². The summed E-state index contributed by atoms with van der Waals surface area (Å²) in [6.45, 7) is 2.42. The van der Waals surface area contributed by atoms with Gasteiger partial charge in [0.05, 0.1) is 0 Å². The molecule has 0 amide bonds. The van der Waals surface area contributed by atoms with Gasteiger partial charge >= 0.3 is 0 Å². The number of fused-ring (bicyclic) bond motifs is 1. The molecule has 92 valence electrons. The Bertz CT molecular complexity index is 685. The van der Waals surface area contributed by atoms with Crippen molar-refractivity contribution in [1.82, 2.24) is 19.8 Å². The molecule has 0 aromatic carbocycles. The largest absolute Gasteiger partial charge is 0.460 e. The minimum Gasteiger partial charge on any atom is -0.460 e. The van der Waals surface area contributed by atoms with Gasteiger partial charge in [-0.1, -0.05) is 0 Å². The average Bonchev–Trinajstić information content (AvgIpc) is 2.96. The normalized spacial score (nSPS) is 11.2. The summed E-state index contributed by atoms with van der Waals surface area (Å²) in [5.41, 5.74) is 7.01. The highest BCUT2D eigenvalue weighted by atomic mass is 16.3. The van der Waals surface area contributed by atoms with Gasteiger partial charge in [-0.2, -0.15) is 9.61 Å². The summed E-state index contributed by atoms with van der Waals surface area (Å²) < 4.78 is 7.26. The van der Waals surface area contributed by atoms with Gasteiger partial charge < -0.3 is 10.2 Å². The zero-order chi connectivity index (χ0) is 12.5. The summed E-state index contributed by atoms with van der Waals surface area (Å²) in [4.78, 5) is 0. The monoisotopic (exact) mass is 243 g/mol. The summed E-state index contributed by atoms with van der Waals surface area (Å²) in [5, 5.41) is 12.6. The van der Waals surface area contributed by atoms with Gasteiger partial charge in [0.2, 0.25) is 0 Å². The Morgan fingerprint density at radius 3 is 2.83 bits per heavy atom. The second kappa shape index (κ2) is 4.23. The fraction of sp³-hybridized carbons (Fsp3) is 0.250. The number of nitrogens with zero attached hydrogens (tertiary/aromatic N) is 4. The smallest absolute Gasteiger partial charge is 0.177 e. The molecule has 0 aliphatic heterocycles. The van der Waals surface area contributed by atoms with Crippen LogP contribution in [0, 0.1) is 6.92 Å². The van der Waals surface area contributed by atoms with Gasteiger partial charge in [-0.05, 0) is 37.7 Å². The van der Waals surface area contributed by atoms with Crippen LogP contribution in [0.4, 0.5) is 0 Å². The molecule has 2 N–H and O–H groups in total. The maximum atomic E-state index is 5.55. The van der Waals surface area contributed by atoms with E-state index < -0.39 is 0 Å². The molecule has 0 radical (unpaired) electrons. The van der Waals surface area contributed by atoms with Crippen molar-refractivity contribution in [1.29, 1.82) is 0 Å². The molecule has 0 saturated heterocycles. The van der Waals surface area contributed by atoms with Crippen molar-refractivity contribution in [2.24, 2.45) is 5.73 Å². The van der Waals surface area contributed by atoms with Crippen LogP contribution >= 0.6 is 0 Å². The summed E-state index contributed by atoms with van der Waals surface area (Å²) in [7, 11) is 0. The molecule has 3 aromatic heterocycles. The highest BCUT2D eigenvalue weighted by Gasteiger charge is 2.09. The quantitative estimate of drug-likeness (QED) is 0.747. The topological polar surface area (TPSA) is 82.2 Å². The van der Waals surface area contributed by atoms with E-state index in [-0.39, 0.29) is 0 Å². The molecule has 0 aliphatic carbocycles. The first-order valence-corrected chi connectivity index (χ1v) is 5.76. The highest BCUT2D eigenvalue weighted by Crippen LogP contribution is 2.19. The Balaban J connectivity index is 2.11. The predicted octanol–water partition coefficient (Wildman–Crippen LogP) is 1.19.